The van der Waals surface area contributed by atoms with E-state index in [9.17, 15) is 4.79 Å². The highest BCUT2D eigenvalue weighted by Crippen LogP contribution is 2.42. The van der Waals surface area contributed by atoms with Crippen molar-refractivity contribution in [2.75, 3.05) is 26.0 Å². The molecule has 5 nitrogen and oxygen atoms in total. The highest BCUT2D eigenvalue weighted by molar-refractivity contribution is 5.72. The molecule has 0 aromatic heterocycles. The van der Waals surface area contributed by atoms with Crippen LogP contribution in [0.3, 0.4) is 0 Å². The normalized spacial score (nSPS) is 20.4. The number of benzene rings is 1. The van der Waals surface area contributed by atoms with Crippen LogP contribution in [0, 0.1) is 12.0 Å². The minimum Gasteiger partial charge on any atom is -0.381 e. The van der Waals surface area contributed by atoms with Crippen LogP contribution in [-0.4, -0.2) is 37.5 Å². The standard InChI is InChI=1S/C18H26N4O/c1-12(23)20-11-18(2,3)17-10-16(22(5)6)14-9-13(19-4)7-8-15(14)21-17/h7-9,16-17,21H,10-11H2,1-3,5-6H3,(H,20,23). The number of hydrogen-bond acceptors (Lipinski definition) is 3. The van der Waals surface area contributed by atoms with Gasteiger partial charge in [-0.2, -0.15) is 0 Å². The summed E-state index contributed by atoms with van der Waals surface area (Å²) in [6.45, 7) is 13.7. The largest absolute Gasteiger partial charge is 0.381 e. The Bertz CT molecular complexity index is 630. The Balaban J connectivity index is 2.30. The Morgan fingerprint density at radius 3 is 2.74 bits per heavy atom. The van der Waals surface area contributed by atoms with E-state index in [2.05, 4.69) is 48.3 Å². The summed E-state index contributed by atoms with van der Waals surface area (Å²) in [5, 5.41) is 6.55. The first-order chi connectivity index (χ1) is 10.7. The van der Waals surface area contributed by atoms with Gasteiger partial charge < -0.3 is 15.5 Å². The summed E-state index contributed by atoms with van der Waals surface area (Å²) in [7, 11) is 4.14. The summed E-state index contributed by atoms with van der Waals surface area (Å²) in [5.41, 5.74) is 2.86. The minimum atomic E-state index is -0.0733. The number of amides is 1. The molecule has 23 heavy (non-hydrogen) atoms. The van der Waals surface area contributed by atoms with E-state index >= 15 is 0 Å². The van der Waals surface area contributed by atoms with Gasteiger partial charge in [0.15, 0.2) is 5.69 Å². The number of nitrogens with zero attached hydrogens (tertiary/aromatic N) is 2. The van der Waals surface area contributed by atoms with Crippen LogP contribution in [-0.2, 0) is 4.79 Å². The Morgan fingerprint density at radius 1 is 1.48 bits per heavy atom. The molecule has 0 spiro atoms. The van der Waals surface area contributed by atoms with E-state index in [0.717, 1.165) is 12.1 Å². The molecule has 1 amide bonds. The van der Waals surface area contributed by atoms with Gasteiger partial charge in [-0.25, -0.2) is 4.85 Å². The van der Waals surface area contributed by atoms with Crippen molar-refractivity contribution in [2.45, 2.75) is 39.3 Å². The molecule has 0 aliphatic carbocycles. The van der Waals surface area contributed by atoms with Gasteiger partial charge in [0.05, 0.1) is 6.57 Å². The fourth-order valence-corrected chi connectivity index (χ4v) is 3.10. The monoisotopic (exact) mass is 314 g/mol. The Morgan fingerprint density at radius 2 is 2.17 bits per heavy atom. The third kappa shape index (κ3) is 3.83. The van der Waals surface area contributed by atoms with Crippen molar-refractivity contribution in [1.82, 2.24) is 10.2 Å². The van der Waals surface area contributed by atoms with Gasteiger partial charge in [0, 0.05) is 36.7 Å². The van der Waals surface area contributed by atoms with Gasteiger partial charge in [-0.15, -0.1) is 0 Å². The van der Waals surface area contributed by atoms with E-state index in [0.29, 0.717) is 12.2 Å². The van der Waals surface area contributed by atoms with E-state index < -0.39 is 0 Å². The van der Waals surface area contributed by atoms with E-state index in [1.54, 1.807) is 6.92 Å². The van der Waals surface area contributed by atoms with Crippen molar-refractivity contribution in [1.29, 1.82) is 0 Å². The molecule has 2 rings (SSSR count). The number of fused-ring (bicyclic) bond motifs is 1. The Labute approximate surface area is 138 Å². The van der Waals surface area contributed by atoms with Crippen molar-refractivity contribution in [3.8, 4) is 0 Å². The molecule has 1 aromatic rings. The van der Waals surface area contributed by atoms with Gasteiger partial charge in [-0.1, -0.05) is 19.9 Å². The molecule has 124 valence electrons. The summed E-state index contributed by atoms with van der Waals surface area (Å²) in [5.74, 6) is 0.000133. The van der Waals surface area contributed by atoms with Crippen LogP contribution in [0.5, 0.6) is 0 Å². The van der Waals surface area contributed by atoms with E-state index in [-0.39, 0.29) is 23.4 Å². The van der Waals surface area contributed by atoms with E-state index in [1.165, 1.54) is 5.56 Å². The molecule has 2 unspecified atom stereocenters. The quantitative estimate of drug-likeness (QED) is 0.839. The summed E-state index contributed by atoms with van der Waals surface area (Å²) in [6, 6.07) is 6.34. The molecule has 5 heteroatoms. The minimum absolute atomic E-state index is 0.000133. The zero-order chi connectivity index (χ0) is 17.2. The molecule has 0 fully saturated rings. The smallest absolute Gasteiger partial charge is 0.216 e. The van der Waals surface area contributed by atoms with Crippen LogP contribution in [0.1, 0.15) is 38.8 Å². The lowest BCUT2D eigenvalue weighted by Gasteiger charge is -2.44. The molecule has 0 saturated carbocycles. The van der Waals surface area contributed by atoms with Crippen LogP contribution in [0.25, 0.3) is 4.85 Å². The third-order valence-corrected chi connectivity index (χ3v) is 4.67. The predicted octanol–water partition coefficient (Wildman–Crippen LogP) is 3.19. The topological polar surface area (TPSA) is 48.7 Å². The van der Waals surface area contributed by atoms with Crippen LogP contribution < -0.4 is 10.6 Å². The number of carbonyl (C=O) groups is 1. The molecule has 1 aliphatic heterocycles. The van der Waals surface area contributed by atoms with Gasteiger partial charge in [-0.05, 0) is 38.2 Å². The van der Waals surface area contributed by atoms with Crippen molar-refractivity contribution >= 4 is 17.3 Å². The molecule has 2 N–H and O–H groups in total. The van der Waals surface area contributed by atoms with Crippen molar-refractivity contribution in [3.05, 3.63) is 35.2 Å². The van der Waals surface area contributed by atoms with Gasteiger partial charge >= 0.3 is 0 Å². The molecular weight excluding hydrogens is 288 g/mol. The zero-order valence-electron chi connectivity index (χ0n) is 14.6. The Kier molecular flexibility index (Phi) is 4.96. The van der Waals surface area contributed by atoms with Gasteiger partial charge in [0.1, 0.15) is 0 Å². The summed E-state index contributed by atoms with van der Waals surface area (Å²) in [6.07, 6.45) is 0.939. The highest BCUT2D eigenvalue weighted by Gasteiger charge is 2.37. The Hall–Kier alpha value is -2.06. The first kappa shape index (κ1) is 17.3. The van der Waals surface area contributed by atoms with Crippen LogP contribution in [0.15, 0.2) is 18.2 Å². The average Bonchev–Trinajstić information content (AvgIpc) is 2.51. The van der Waals surface area contributed by atoms with Crippen molar-refractivity contribution in [3.63, 3.8) is 0 Å². The van der Waals surface area contributed by atoms with Gasteiger partial charge in [0.25, 0.3) is 0 Å². The number of carbonyl (C=O) groups excluding carboxylic acids is 1. The van der Waals surface area contributed by atoms with E-state index in [1.807, 2.05) is 18.2 Å². The maximum atomic E-state index is 11.2. The van der Waals surface area contributed by atoms with Crippen LogP contribution in [0.2, 0.25) is 0 Å². The maximum Gasteiger partial charge on any atom is 0.216 e. The lowest BCUT2D eigenvalue weighted by Crippen LogP contribution is -2.48. The fourth-order valence-electron chi connectivity index (χ4n) is 3.10. The first-order valence-corrected chi connectivity index (χ1v) is 7.93. The SMILES string of the molecule is [C-]#[N+]c1ccc2c(c1)C(N(C)C)CC(C(C)(C)CNC(C)=O)N2. The molecule has 1 aliphatic rings. The summed E-state index contributed by atoms with van der Waals surface area (Å²) in [4.78, 5) is 17.0. The number of anilines is 1. The second-order valence-corrected chi connectivity index (χ2v) is 7.19. The second-order valence-electron chi connectivity index (χ2n) is 7.19. The first-order valence-electron chi connectivity index (χ1n) is 7.93. The van der Waals surface area contributed by atoms with Gasteiger partial charge in [0.2, 0.25) is 5.91 Å². The highest BCUT2D eigenvalue weighted by atomic mass is 16.1. The molecule has 1 heterocycles. The van der Waals surface area contributed by atoms with Crippen LogP contribution in [0.4, 0.5) is 11.4 Å². The number of hydrogen-bond donors (Lipinski definition) is 2. The van der Waals surface area contributed by atoms with Gasteiger partial charge in [-0.3, -0.25) is 4.79 Å². The molecule has 1 aromatic carbocycles. The van der Waals surface area contributed by atoms with Crippen molar-refractivity contribution in [2.24, 2.45) is 5.41 Å². The average molecular weight is 314 g/mol. The molecule has 2 atom stereocenters. The fraction of sp³-hybridized carbons (Fsp3) is 0.556. The third-order valence-electron chi connectivity index (χ3n) is 4.67. The predicted molar refractivity (Wildman–Crippen MR) is 93.6 cm³/mol. The number of nitrogens with one attached hydrogen (secondary N) is 2. The lowest BCUT2D eigenvalue weighted by atomic mass is 9.77. The maximum absolute atomic E-state index is 11.2. The summed E-state index contributed by atoms with van der Waals surface area (Å²) >= 11 is 0. The zero-order valence-corrected chi connectivity index (χ0v) is 14.6. The van der Waals surface area contributed by atoms with E-state index in [4.69, 9.17) is 6.57 Å². The second kappa shape index (κ2) is 6.59. The molecule has 0 bridgehead atoms. The number of rotatable bonds is 4. The molecular formula is C18H26N4O. The van der Waals surface area contributed by atoms with Crippen molar-refractivity contribution < 1.29 is 4.79 Å². The van der Waals surface area contributed by atoms with Crippen LogP contribution >= 0.6 is 0 Å². The molecule has 0 radical (unpaired) electrons. The lowest BCUT2D eigenvalue weighted by molar-refractivity contribution is -0.119. The molecule has 0 saturated heterocycles. The summed E-state index contributed by atoms with van der Waals surface area (Å²) < 4.78 is 0.